The van der Waals surface area contributed by atoms with Crippen LogP contribution >= 0.6 is 0 Å². The molecule has 0 aliphatic carbocycles. The number of carbonyl (C=O) groups excluding carboxylic acids is 2. The molecule has 0 saturated heterocycles. The minimum absolute atomic E-state index is 0.0419. The molecule has 2 aromatic rings. The van der Waals surface area contributed by atoms with Gasteiger partial charge in [0.05, 0.1) is 30.2 Å². The lowest BCUT2D eigenvalue weighted by molar-refractivity contribution is -0.123. The molecule has 1 atom stereocenters. The molecular formula is C17H21N5O2. The molecule has 0 bridgehead atoms. The molecule has 2 heterocycles. The summed E-state index contributed by atoms with van der Waals surface area (Å²) < 4.78 is 1.84. The first-order valence-corrected chi connectivity index (χ1v) is 7.97. The number of aromatic nitrogens is 2. The minimum atomic E-state index is -0.388. The van der Waals surface area contributed by atoms with E-state index in [0.29, 0.717) is 18.8 Å². The molecule has 7 nitrogen and oxygen atoms in total. The van der Waals surface area contributed by atoms with Crippen LogP contribution in [0, 0.1) is 6.92 Å². The van der Waals surface area contributed by atoms with Gasteiger partial charge in [-0.3, -0.25) is 19.2 Å². The minimum Gasteiger partial charge on any atom is -0.323 e. The molecule has 0 spiro atoms. The van der Waals surface area contributed by atoms with Crippen molar-refractivity contribution < 1.29 is 9.59 Å². The number of amides is 2. The number of hydrogen-bond donors (Lipinski definition) is 2. The standard InChI is InChI=1S/C17H21N5O2/c1-12-9-19-21(10-12)8-7-18-13(2)17(24)22-11-16(23)20-14-5-3-4-6-15(14)22/h3-6,9-10,13,18H,7-8,11H2,1-2H3,(H,20,23)/t13-/m0/s1. The number of nitrogens with zero attached hydrogens (tertiary/aromatic N) is 3. The summed E-state index contributed by atoms with van der Waals surface area (Å²) in [6, 6.07) is 6.94. The maximum absolute atomic E-state index is 12.7. The van der Waals surface area contributed by atoms with Crippen LogP contribution in [-0.2, 0) is 16.1 Å². The Morgan fingerprint density at radius 3 is 2.96 bits per heavy atom. The molecular weight excluding hydrogens is 306 g/mol. The second-order valence-electron chi connectivity index (χ2n) is 5.95. The van der Waals surface area contributed by atoms with Crippen molar-refractivity contribution in [2.24, 2.45) is 0 Å². The van der Waals surface area contributed by atoms with Gasteiger partial charge in [-0.2, -0.15) is 5.10 Å². The zero-order valence-corrected chi connectivity index (χ0v) is 13.8. The van der Waals surface area contributed by atoms with Gasteiger partial charge in [0.25, 0.3) is 0 Å². The van der Waals surface area contributed by atoms with Gasteiger partial charge < -0.3 is 10.6 Å². The van der Waals surface area contributed by atoms with Gasteiger partial charge in [0, 0.05) is 12.7 Å². The first-order chi connectivity index (χ1) is 11.5. The van der Waals surface area contributed by atoms with Crippen molar-refractivity contribution in [2.45, 2.75) is 26.4 Å². The highest BCUT2D eigenvalue weighted by Gasteiger charge is 2.29. The van der Waals surface area contributed by atoms with Gasteiger partial charge in [0.2, 0.25) is 11.8 Å². The highest BCUT2D eigenvalue weighted by atomic mass is 16.2. The smallest absolute Gasteiger partial charge is 0.244 e. The molecule has 0 unspecified atom stereocenters. The summed E-state index contributed by atoms with van der Waals surface area (Å²) in [4.78, 5) is 26.1. The van der Waals surface area contributed by atoms with Crippen molar-refractivity contribution in [3.63, 3.8) is 0 Å². The number of anilines is 2. The van der Waals surface area contributed by atoms with E-state index in [-0.39, 0.29) is 24.4 Å². The number of nitrogens with one attached hydrogen (secondary N) is 2. The van der Waals surface area contributed by atoms with E-state index in [1.807, 2.05) is 42.9 Å². The van der Waals surface area contributed by atoms with Gasteiger partial charge in [-0.25, -0.2) is 0 Å². The van der Waals surface area contributed by atoms with Crippen molar-refractivity contribution in [3.8, 4) is 0 Å². The van der Waals surface area contributed by atoms with Crippen LogP contribution < -0.4 is 15.5 Å². The molecule has 3 rings (SSSR count). The third-order valence-corrected chi connectivity index (χ3v) is 3.96. The first-order valence-electron chi connectivity index (χ1n) is 7.97. The summed E-state index contributed by atoms with van der Waals surface area (Å²) in [5, 5.41) is 10.2. The zero-order valence-electron chi connectivity index (χ0n) is 13.8. The number of carbonyl (C=O) groups is 2. The van der Waals surface area contributed by atoms with Gasteiger partial charge in [0.15, 0.2) is 0 Å². The van der Waals surface area contributed by atoms with Crippen LogP contribution in [0.1, 0.15) is 12.5 Å². The van der Waals surface area contributed by atoms with E-state index >= 15 is 0 Å². The second kappa shape index (κ2) is 6.84. The monoisotopic (exact) mass is 327 g/mol. The highest BCUT2D eigenvalue weighted by molar-refractivity contribution is 6.11. The van der Waals surface area contributed by atoms with E-state index in [4.69, 9.17) is 0 Å². The molecule has 7 heteroatoms. The fourth-order valence-electron chi connectivity index (χ4n) is 2.74. The Balaban J connectivity index is 1.62. The number of fused-ring (bicyclic) bond motifs is 1. The zero-order chi connectivity index (χ0) is 17.1. The maximum Gasteiger partial charge on any atom is 0.244 e. The van der Waals surface area contributed by atoms with Crippen molar-refractivity contribution in [1.82, 2.24) is 15.1 Å². The number of rotatable bonds is 5. The van der Waals surface area contributed by atoms with E-state index in [1.165, 1.54) is 4.90 Å². The van der Waals surface area contributed by atoms with Gasteiger partial charge >= 0.3 is 0 Å². The molecule has 1 aromatic carbocycles. The average Bonchev–Trinajstić information content (AvgIpc) is 2.98. The molecule has 0 radical (unpaired) electrons. The Morgan fingerprint density at radius 2 is 2.21 bits per heavy atom. The molecule has 2 N–H and O–H groups in total. The fourth-order valence-corrected chi connectivity index (χ4v) is 2.74. The Bertz CT molecular complexity index is 755. The van der Waals surface area contributed by atoms with Gasteiger partial charge in [-0.15, -0.1) is 0 Å². The van der Waals surface area contributed by atoms with Crippen LogP contribution in [0.2, 0.25) is 0 Å². The van der Waals surface area contributed by atoms with E-state index in [2.05, 4.69) is 15.7 Å². The normalized spacial score (nSPS) is 14.9. The molecule has 0 saturated carbocycles. The van der Waals surface area contributed by atoms with Crippen LogP contribution in [0.3, 0.4) is 0 Å². The predicted octanol–water partition coefficient (Wildman–Crippen LogP) is 1.15. The van der Waals surface area contributed by atoms with Crippen molar-refractivity contribution >= 4 is 23.2 Å². The Morgan fingerprint density at radius 1 is 1.42 bits per heavy atom. The average molecular weight is 327 g/mol. The van der Waals surface area contributed by atoms with Crippen LogP contribution in [0.15, 0.2) is 36.7 Å². The third kappa shape index (κ3) is 3.46. The van der Waals surface area contributed by atoms with Crippen molar-refractivity contribution in [3.05, 3.63) is 42.2 Å². The molecule has 24 heavy (non-hydrogen) atoms. The van der Waals surface area contributed by atoms with E-state index < -0.39 is 0 Å². The van der Waals surface area contributed by atoms with E-state index in [9.17, 15) is 9.59 Å². The van der Waals surface area contributed by atoms with Crippen LogP contribution in [0.5, 0.6) is 0 Å². The molecule has 2 amide bonds. The number of benzene rings is 1. The second-order valence-corrected chi connectivity index (χ2v) is 5.95. The predicted molar refractivity (Wildman–Crippen MR) is 91.9 cm³/mol. The van der Waals surface area contributed by atoms with Gasteiger partial charge in [-0.1, -0.05) is 12.1 Å². The third-order valence-electron chi connectivity index (χ3n) is 3.96. The van der Waals surface area contributed by atoms with E-state index in [1.54, 1.807) is 12.3 Å². The summed E-state index contributed by atoms with van der Waals surface area (Å²) >= 11 is 0. The van der Waals surface area contributed by atoms with Crippen LogP contribution in [-0.4, -0.2) is 40.7 Å². The molecule has 1 aromatic heterocycles. The maximum atomic E-state index is 12.7. The van der Waals surface area contributed by atoms with Gasteiger partial charge in [-0.05, 0) is 31.5 Å². The Kier molecular flexibility index (Phi) is 4.61. The van der Waals surface area contributed by atoms with Crippen LogP contribution in [0.25, 0.3) is 0 Å². The molecule has 1 aliphatic rings. The molecule has 1 aliphatic heterocycles. The summed E-state index contributed by atoms with van der Waals surface area (Å²) in [5.74, 6) is -0.296. The fraction of sp³-hybridized carbons (Fsp3) is 0.353. The lowest BCUT2D eigenvalue weighted by atomic mass is 10.1. The summed E-state index contributed by atoms with van der Waals surface area (Å²) in [5.41, 5.74) is 2.51. The lowest BCUT2D eigenvalue weighted by Crippen LogP contribution is -2.50. The Labute approximate surface area is 140 Å². The lowest BCUT2D eigenvalue weighted by Gasteiger charge is -2.31. The number of hydrogen-bond acceptors (Lipinski definition) is 4. The SMILES string of the molecule is Cc1cnn(CCN[C@@H](C)C(=O)N2CC(=O)Nc3ccccc32)c1. The largest absolute Gasteiger partial charge is 0.323 e. The Hall–Kier alpha value is -2.67. The van der Waals surface area contributed by atoms with Crippen molar-refractivity contribution in [1.29, 1.82) is 0 Å². The molecule has 126 valence electrons. The topological polar surface area (TPSA) is 79.3 Å². The quantitative estimate of drug-likeness (QED) is 0.863. The first kappa shape index (κ1) is 16.2. The highest BCUT2D eigenvalue weighted by Crippen LogP contribution is 2.29. The number of para-hydroxylation sites is 2. The van der Waals surface area contributed by atoms with Gasteiger partial charge in [0.1, 0.15) is 6.54 Å². The summed E-state index contributed by atoms with van der Waals surface area (Å²) in [6.07, 6.45) is 3.76. The van der Waals surface area contributed by atoms with Crippen molar-refractivity contribution in [2.75, 3.05) is 23.3 Å². The summed E-state index contributed by atoms with van der Waals surface area (Å²) in [6.45, 7) is 5.15. The van der Waals surface area contributed by atoms with Crippen LogP contribution in [0.4, 0.5) is 11.4 Å². The number of aryl methyl sites for hydroxylation is 1. The van der Waals surface area contributed by atoms with E-state index in [0.717, 1.165) is 11.3 Å². The summed E-state index contributed by atoms with van der Waals surface area (Å²) in [7, 11) is 0. The molecule has 0 fully saturated rings.